The van der Waals surface area contributed by atoms with Gasteiger partial charge in [-0.05, 0) is 57.9 Å². The molecule has 0 aliphatic rings. The summed E-state index contributed by atoms with van der Waals surface area (Å²) in [5, 5.41) is 3.45. The van der Waals surface area contributed by atoms with Crippen molar-refractivity contribution in [2.75, 3.05) is 18.0 Å². The van der Waals surface area contributed by atoms with Crippen molar-refractivity contribution in [3.05, 3.63) is 29.6 Å². The van der Waals surface area contributed by atoms with Crippen molar-refractivity contribution < 1.29 is 4.39 Å². The van der Waals surface area contributed by atoms with Gasteiger partial charge in [0.25, 0.3) is 0 Å². The van der Waals surface area contributed by atoms with Crippen LogP contribution in [-0.4, -0.2) is 18.6 Å². The fourth-order valence-electron chi connectivity index (χ4n) is 2.16. The van der Waals surface area contributed by atoms with E-state index in [2.05, 4.69) is 44.8 Å². The largest absolute Gasteiger partial charge is 0.372 e. The number of anilines is 1. The van der Waals surface area contributed by atoms with Crippen LogP contribution in [-0.2, 0) is 6.54 Å². The van der Waals surface area contributed by atoms with Crippen LogP contribution in [0.2, 0.25) is 0 Å². The third-order valence-corrected chi connectivity index (χ3v) is 3.35. The topological polar surface area (TPSA) is 15.3 Å². The number of nitrogens with zero attached hydrogens (tertiary/aromatic N) is 1. The first-order valence-corrected chi connectivity index (χ1v) is 7.65. The predicted octanol–water partition coefficient (Wildman–Crippen LogP) is 4.34. The van der Waals surface area contributed by atoms with Gasteiger partial charge >= 0.3 is 0 Å². The monoisotopic (exact) mass is 280 g/mol. The van der Waals surface area contributed by atoms with E-state index in [1.54, 1.807) is 12.1 Å². The van der Waals surface area contributed by atoms with Gasteiger partial charge in [0.2, 0.25) is 0 Å². The van der Waals surface area contributed by atoms with Crippen LogP contribution in [0.25, 0.3) is 0 Å². The molecule has 0 bridgehead atoms. The Balaban J connectivity index is 2.93. The molecule has 0 spiro atoms. The minimum atomic E-state index is -0.161. The van der Waals surface area contributed by atoms with Gasteiger partial charge in [-0.3, -0.25) is 0 Å². The Morgan fingerprint density at radius 3 is 2.45 bits per heavy atom. The van der Waals surface area contributed by atoms with Crippen LogP contribution in [0.15, 0.2) is 18.2 Å². The van der Waals surface area contributed by atoms with Crippen molar-refractivity contribution in [2.24, 2.45) is 0 Å². The number of rotatable bonds is 7. The molecule has 2 nitrogen and oxygen atoms in total. The average molecular weight is 280 g/mol. The van der Waals surface area contributed by atoms with E-state index in [-0.39, 0.29) is 11.4 Å². The standard InChI is InChI=1S/C17H29FN2/c1-6-8-11-20(7-2)16-10-9-15(18)12-14(16)13-19-17(3,4)5/h9-10,12,19H,6-8,11,13H2,1-5H3. The molecule has 1 aromatic rings. The van der Waals surface area contributed by atoms with Crippen molar-refractivity contribution in [3.63, 3.8) is 0 Å². The molecule has 0 aromatic heterocycles. The average Bonchev–Trinajstić information content (AvgIpc) is 2.38. The summed E-state index contributed by atoms with van der Waals surface area (Å²) < 4.78 is 13.5. The summed E-state index contributed by atoms with van der Waals surface area (Å²) in [5.74, 6) is -0.161. The Kier molecular flexibility index (Phi) is 6.47. The number of benzene rings is 1. The lowest BCUT2D eigenvalue weighted by molar-refractivity contribution is 0.423. The zero-order chi connectivity index (χ0) is 15.2. The van der Waals surface area contributed by atoms with Crippen molar-refractivity contribution in [1.29, 1.82) is 0 Å². The van der Waals surface area contributed by atoms with Crippen LogP contribution in [0.5, 0.6) is 0 Å². The molecule has 114 valence electrons. The fourth-order valence-corrected chi connectivity index (χ4v) is 2.16. The van der Waals surface area contributed by atoms with Gasteiger partial charge in [-0.2, -0.15) is 0 Å². The second kappa shape index (κ2) is 7.63. The van der Waals surface area contributed by atoms with Crippen molar-refractivity contribution in [3.8, 4) is 0 Å². The Labute approximate surface area is 123 Å². The molecule has 0 saturated heterocycles. The molecule has 0 fully saturated rings. The van der Waals surface area contributed by atoms with Gasteiger partial charge < -0.3 is 10.2 Å². The first-order chi connectivity index (χ1) is 9.37. The SMILES string of the molecule is CCCCN(CC)c1ccc(F)cc1CNC(C)(C)C. The highest BCUT2D eigenvalue weighted by atomic mass is 19.1. The second-order valence-electron chi connectivity index (χ2n) is 6.31. The van der Waals surface area contributed by atoms with Crippen LogP contribution in [0.4, 0.5) is 10.1 Å². The molecular weight excluding hydrogens is 251 g/mol. The first kappa shape index (κ1) is 17.0. The molecule has 0 unspecified atom stereocenters. The molecule has 3 heteroatoms. The van der Waals surface area contributed by atoms with Crippen molar-refractivity contribution in [1.82, 2.24) is 5.32 Å². The first-order valence-electron chi connectivity index (χ1n) is 7.65. The zero-order valence-corrected chi connectivity index (χ0v) is 13.6. The van der Waals surface area contributed by atoms with Gasteiger partial charge in [-0.15, -0.1) is 0 Å². The van der Waals surface area contributed by atoms with Crippen LogP contribution in [0, 0.1) is 5.82 Å². The van der Waals surface area contributed by atoms with Gasteiger partial charge in [-0.25, -0.2) is 4.39 Å². The summed E-state index contributed by atoms with van der Waals surface area (Å²) in [6.45, 7) is 13.4. The Morgan fingerprint density at radius 2 is 1.90 bits per heavy atom. The van der Waals surface area contributed by atoms with Crippen molar-refractivity contribution >= 4 is 5.69 Å². The third kappa shape index (κ3) is 5.49. The van der Waals surface area contributed by atoms with Gasteiger partial charge in [0, 0.05) is 30.9 Å². The Bertz CT molecular complexity index is 410. The minimum absolute atomic E-state index is 0.0318. The molecule has 0 saturated carbocycles. The molecule has 0 radical (unpaired) electrons. The van der Waals surface area contributed by atoms with E-state index >= 15 is 0 Å². The molecule has 0 heterocycles. The summed E-state index contributed by atoms with van der Waals surface area (Å²) in [6, 6.07) is 5.13. The van der Waals surface area contributed by atoms with E-state index in [0.717, 1.165) is 30.8 Å². The van der Waals surface area contributed by atoms with Crippen LogP contribution < -0.4 is 10.2 Å². The summed E-state index contributed by atoms with van der Waals surface area (Å²) in [6.07, 6.45) is 2.34. The van der Waals surface area contributed by atoms with E-state index in [0.29, 0.717) is 6.54 Å². The van der Waals surface area contributed by atoms with Crippen LogP contribution in [0.3, 0.4) is 0 Å². The molecule has 0 amide bonds. The second-order valence-corrected chi connectivity index (χ2v) is 6.31. The van der Waals surface area contributed by atoms with E-state index in [9.17, 15) is 4.39 Å². The Hall–Kier alpha value is -1.09. The number of halogens is 1. The molecule has 0 atom stereocenters. The van der Waals surface area contributed by atoms with E-state index in [1.165, 1.54) is 6.42 Å². The summed E-state index contributed by atoms with van der Waals surface area (Å²) >= 11 is 0. The highest BCUT2D eigenvalue weighted by molar-refractivity contribution is 5.53. The zero-order valence-electron chi connectivity index (χ0n) is 13.6. The highest BCUT2D eigenvalue weighted by Crippen LogP contribution is 2.23. The minimum Gasteiger partial charge on any atom is -0.372 e. The summed E-state index contributed by atoms with van der Waals surface area (Å²) in [4.78, 5) is 2.34. The number of hydrogen-bond acceptors (Lipinski definition) is 2. The maximum atomic E-state index is 13.5. The van der Waals surface area contributed by atoms with Gasteiger partial charge in [0.15, 0.2) is 0 Å². The number of hydrogen-bond donors (Lipinski definition) is 1. The number of nitrogens with one attached hydrogen (secondary N) is 1. The van der Waals surface area contributed by atoms with E-state index in [4.69, 9.17) is 0 Å². The summed E-state index contributed by atoms with van der Waals surface area (Å²) in [7, 11) is 0. The number of unbranched alkanes of at least 4 members (excludes halogenated alkanes) is 1. The fraction of sp³-hybridized carbons (Fsp3) is 0.647. The lowest BCUT2D eigenvalue weighted by Crippen LogP contribution is -2.36. The molecule has 0 aliphatic carbocycles. The maximum Gasteiger partial charge on any atom is 0.123 e. The summed E-state index contributed by atoms with van der Waals surface area (Å²) in [5.41, 5.74) is 2.22. The normalized spacial score (nSPS) is 11.7. The molecular formula is C17H29FN2. The molecule has 20 heavy (non-hydrogen) atoms. The molecule has 0 aliphatic heterocycles. The molecule has 1 rings (SSSR count). The van der Waals surface area contributed by atoms with Crippen molar-refractivity contribution in [2.45, 2.75) is 59.5 Å². The lowest BCUT2D eigenvalue weighted by atomic mass is 10.1. The van der Waals surface area contributed by atoms with Crippen LogP contribution >= 0.6 is 0 Å². The Morgan fingerprint density at radius 1 is 1.20 bits per heavy atom. The smallest absolute Gasteiger partial charge is 0.123 e. The molecule has 1 N–H and O–H groups in total. The van der Waals surface area contributed by atoms with Crippen LogP contribution in [0.1, 0.15) is 53.0 Å². The van der Waals surface area contributed by atoms with Gasteiger partial charge in [-0.1, -0.05) is 13.3 Å². The quantitative estimate of drug-likeness (QED) is 0.799. The third-order valence-electron chi connectivity index (χ3n) is 3.35. The van der Waals surface area contributed by atoms with E-state index < -0.39 is 0 Å². The van der Waals surface area contributed by atoms with E-state index in [1.807, 2.05) is 6.07 Å². The predicted molar refractivity (Wildman–Crippen MR) is 85.8 cm³/mol. The maximum absolute atomic E-state index is 13.5. The lowest BCUT2D eigenvalue weighted by Gasteiger charge is -2.28. The molecule has 1 aromatic carbocycles. The van der Waals surface area contributed by atoms with Gasteiger partial charge in [0.05, 0.1) is 0 Å². The highest BCUT2D eigenvalue weighted by Gasteiger charge is 2.14. The van der Waals surface area contributed by atoms with Gasteiger partial charge in [0.1, 0.15) is 5.82 Å².